The molecule has 2 N–H and O–H groups in total. The Bertz CT molecular complexity index is 888. The Labute approximate surface area is 161 Å². The summed E-state index contributed by atoms with van der Waals surface area (Å²) in [5, 5.41) is 5.73. The number of halogens is 1. The molecule has 0 saturated carbocycles. The van der Waals surface area contributed by atoms with Crippen LogP contribution in [0.3, 0.4) is 0 Å². The number of hydrogen-bond donors (Lipinski definition) is 2. The topological polar surface area (TPSA) is 96.5 Å². The lowest BCUT2D eigenvalue weighted by Gasteiger charge is -2.17. The number of ether oxygens (including phenoxy) is 1. The van der Waals surface area contributed by atoms with Crippen LogP contribution in [0.4, 0.5) is 16.0 Å². The number of carbonyl (C=O) groups excluding carboxylic acids is 2. The number of nitrogens with zero attached hydrogens (tertiary/aromatic N) is 3. The highest BCUT2D eigenvalue weighted by molar-refractivity contribution is 5.99. The van der Waals surface area contributed by atoms with Crippen LogP contribution in [0.25, 0.3) is 0 Å². The van der Waals surface area contributed by atoms with E-state index in [2.05, 4.69) is 27.2 Å². The quantitative estimate of drug-likeness (QED) is 0.739. The smallest absolute Gasteiger partial charge is 0.255 e. The summed E-state index contributed by atoms with van der Waals surface area (Å²) in [5.74, 6) is -0.938. The molecule has 0 unspecified atom stereocenters. The molecular weight excluding hydrogens is 365 g/mol. The number of rotatable bonds is 6. The SMILES string of the molecule is C=CC(=O)Nc1ccc(C(=O)N2CC[C@@H](Nc3ncc(F)c(OC)n3)C2)cc1. The van der Waals surface area contributed by atoms with Crippen LogP contribution < -0.4 is 15.4 Å². The van der Waals surface area contributed by atoms with Crippen LogP contribution in [0, 0.1) is 5.82 Å². The summed E-state index contributed by atoms with van der Waals surface area (Å²) in [6, 6.07) is 6.61. The molecule has 2 amide bonds. The normalized spacial score (nSPS) is 15.8. The van der Waals surface area contributed by atoms with E-state index in [1.54, 1.807) is 29.2 Å². The van der Waals surface area contributed by atoms with Crippen molar-refractivity contribution < 1.29 is 18.7 Å². The Kier molecular flexibility index (Phi) is 5.83. The van der Waals surface area contributed by atoms with Crippen LogP contribution in [0.15, 0.2) is 43.1 Å². The van der Waals surface area contributed by atoms with Crippen LogP contribution in [0.2, 0.25) is 0 Å². The summed E-state index contributed by atoms with van der Waals surface area (Å²) in [6.07, 6.45) is 2.93. The maximum Gasteiger partial charge on any atom is 0.255 e. The Hall–Kier alpha value is -3.49. The van der Waals surface area contributed by atoms with E-state index in [4.69, 9.17) is 4.74 Å². The summed E-state index contributed by atoms with van der Waals surface area (Å²) >= 11 is 0. The second-order valence-electron chi connectivity index (χ2n) is 6.20. The van der Waals surface area contributed by atoms with Gasteiger partial charge in [-0.1, -0.05) is 6.58 Å². The number of likely N-dealkylation sites (tertiary alicyclic amines) is 1. The number of nitrogens with one attached hydrogen (secondary N) is 2. The van der Waals surface area contributed by atoms with Crippen molar-refractivity contribution in [2.24, 2.45) is 0 Å². The Morgan fingerprint density at radius 3 is 2.79 bits per heavy atom. The summed E-state index contributed by atoms with van der Waals surface area (Å²) in [6.45, 7) is 4.43. The third-order valence-electron chi connectivity index (χ3n) is 4.30. The highest BCUT2D eigenvalue weighted by Crippen LogP contribution is 2.19. The molecule has 9 heteroatoms. The lowest BCUT2D eigenvalue weighted by molar-refractivity contribution is -0.111. The van der Waals surface area contributed by atoms with Gasteiger partial charge in [0, 0.05) is 30.4 Å². The van der Waals surface area contributed by atoms with E-state index in [1.165, 1.54) is 13.2 Å². The molecule has 146 valence electrons. The molecule has 28 heavy (non-hydrogen) atoms. The molecule has 1 aliphatic rings. The minimum absolute atomic E-state index is 0.0507. The van der Waals surface area contributed by atoms with Crippen molar-refractivity contribution in [1.82, 2.24) is 14.9 Å². The summed E-state index contributed by atoms with van der Waals surface area (Å²) in [4.78, 5) is 33.6. The molecule has 1 aromatic carbocycles. The first-order chi connectivity index (χ1) is 13.5. The van der Waals surface area contributed by atoms with Crippen molar-refractivity contribution in [2.45, 2.75) is 12.5 Å². The highest BCUT2D eigenvalue weighted by atomic mass is 19.1. The first-order valence-corrected chi connectivity index (χ1v) is 8.66. The number of anilines is 2. The first-order valence-electron chi connectivity index (χ1n) is 8.66. The van der Waals surface area contributed by atoms with Crippen molar-refractivity contribution in [2.75, 3.05) is 30.8 Å². The van der Waals surface area contributed by atoms with Crippen molar-refractivity contribution in [3.63, 3.8) is 0 Å². The van der Waals surface area contributed by atoms with Crippen molar-refractivity contribution >= 4 is 23.5 Å². The van der Waals surface area contributed by atoms with Crippen molar-refractivity contribution in [3.8, 4) is 5.88 Å². The zero-order valence-corrected chi connectivity index (χ0v) is 15.3. The fourth-order valence-electron chi connectivity index (χ4n) is 2.88. The molecule has 0 bridgehead atoms. The third kappa shape index (κ3) is 4.43. The average molecular weight is 385 g/mol. The molecule has 1 atom stereocenters. The molecule has 0 spiro atoms. The molecule has 1 fully saturated rings. The van der Waals surface area contributed by atoms with Crippen LogP contribution >= 0.6 is 0 Å². The van der Waals surface area contributed by atoms with Crippen molar-refractivity contribution in [1.29, 1.82) is 0 Å². The predicted molar refractivity (Wildman–Crippen MR) is 102 cm³/mol. The van der Waals surface area contributed by atoms with E-state index in [-0.39, 0.29) is 29.7 Å². The Morgan fingerprint density at radius 2 is 2.11 bits per heavy atom. The molecule has 1 aliphatic heterocycles. The highest BCUT2D eigenvalue weighted by Gasteiger charge is 2.27. The van der Waals surface area contributed by atoms with Gasteiger partial charge >= 0.3 is 0 Å². The number of carbonyl (C=O) groups is 2. The number of methoxy groups -OCH3 is 1. The minimum Gasteiger partial charge on any atom is -0.479 e. The van der Waals surface area contributed by atoms with Gasteiger partial charge in [-0.25, -0.2) is 4.98 Å². The number of aromatic nitrogens is 2. The van der Waals surface area contributed by atoms with Crippen LogP contribution in [0.1, 0.15) is 16.8 Å². The monoisotopic (exact) mass is 385 g/mol. The summed E-state index contributed by atoms with van der Waals surface area (Å²) in [7, 11) is 1.33. The van der Waals surface area contributed by atoms with Gasteiger partial charge in [0.25, 0.3) is 11.8 Å². The number of benzene rings is 1. The van der Waals surface area contributed by atoms with Crippen LogP contribution in [0.5, 0.6) is 5.88 Å². The Balaban J connectivity index is 1.59. The lowest BCUT2D eigenvalue weighted by atomic mass is 10.2. The van der Waals surface area contributed by atoms with E-state index in [0.29, 0.717) is 30.8 Å². The second-order valence-corrected chi connectivity index (χ2v) is 6.20. The molecule has 1 aromatic heterocycles. The zero-order valence-electron chi connectivity index (χ0n) is 15.3. The predicted octanol–water partition coefficient (Wildman–Crippen LogP) is 2.08. The standard InChI is InChI=1S/C19H20FN5O3/c1-3-16(26)22-13-6-4-12(5-7-13)18(27)25-9-8-14(11-25)23-19-21-10-15(20)17(24-19)28-2/h3-7,10,14H,1,8-9,11H2,2H3,(H,22,26)(H,21,23,24)/t14-/m1/s1. The lowest BCUT2D eigenvalue weighted by Crippen LogP contribution is -2.31. The van der Waals surface area contributed by atoms with E-state index in [9.17, 15) is 14.0 Å². The van der Waals surface area contributed by atoms with E-state index < -0.39 is 5.82 Å². The van der Waals surface area contributed by atoms with Gasteiger partial charge in [0.05, 0.1) is 13.3 Å². The second kappa shape index (κ2) is 8.47. The molecule has 2 aromatic rings. The van der Waals surface area contributed by atoms with E-state index in [0.717, 1.165) is 6.20 Å². The van der Waals surface area contributed by atoms with Gasteiger partial charge in [-0.3, -0.25) is 9.59 Å². The van der Waals surface area contributed by atoms with Gasteiger partial charge in [0.2, 0.25) is 17.7 Å². The van der Waals surface area contributed by atoms with Gasteiger partial charge in [-0.05, 0) is 36.8 Å². The number of amides is 2. The van der Waals surface area contributed by atoms with E-state index >= 15 is 0 Å². The molecule has 2 heterocycles. The maximum atomic E-state index is 13.4. The number of hydrogen-bond acceptors (Lipinski definition) is 6. The van der Waals surface area contributed by atoms with Crippen LogP contribution in [-0.2, 0) is 4.79 Å². The fourth-order valence-corrected chi connectivity index (χ4v) is 2.88. The maximum absolute atomic E-state index is 13.4. The Morgan fingerprint density at radius 1 is 1.36 bits per heavy atom. The van der Waals surface area contributed by atoms with Gasteiger partial charge in [0.1, 0.15) is 0 Å². The van der Waals surface area contributed by atoms with Gasteiger partial charge in [-0.2, -0.15) is 9.37 Å². The summed E-state index contributed by atoms with van der Waals surface area (Å²) in [5.41, 5.74) is 1.11. The largest absolute Gasteiger partial charge is 0.479 e. The molecular formula is C19H20FN5O3. The summed E-state index contributed by atoms with van der Waals surface area (Å²) < 4.78 is 18.2. The average Bonchev–Trinajstić information content (AvgIpc) is 3.17. The third-order valence-corrected chi connectivity index (χ3v) is 4.30. The van der Waals surface area contributed by atoms with E-state index in [1.807, 2.05) is 0 Å². The molecule has 0 radical (unpaired) electrons. The first kappa shape index (κ1) is 19.3. The fraction of sp³-hybridized carbons (Fsp3) is 0.263. The van der Waals surface area contributed by atoms with Gasteiger partial charge in [0.15, 0.2) is 0 Å². The molecule has 0 aliphatic carbocycles. The van der Waals surface area contributed by atoms with Crippen molar-refractivity contribution in [3.05, 3.63) is 54.5 Å². The minimum atomic E-state index is -0.635. The van der Waals surface area contributed by atoms with Crippen LogP contribution in [-0.4, -0.2) is 52.9 Å². The molecule has 3 rings (SSSR count). The van der Waals surface area contributed by atoms with Gasteiger partial charge in [-0.15, -0.1) is 0 Å². The molecule has 1 saturated heterocycles. The van der Waals surface area contributed by atoms with Gasteiger partial charge < -0.3 is 20.3 Å². The zero-order chi connectivity index (χ0) is 20.1. The molecule has 8 nitrogen and oxygen atoms in total.